The normalized spacial score (nSPS) is 10.3. The Labute approximate surface area is 130 Å². The molecule has 0 bridgehead atoms. The molecule has 1 heterocycles. The molecule has 1 amide bonds. The van der Waals surface area contributed by atoms with Crippen molar-refractivity contribution < 1.29 is 14.7 Å². The van der Waals surface area contributed by atoms with E-state index in [1.54, 1.807) is 11.4 Å². The van der Waals surface area contributed by atoms with E-state index in [0.29, 0.717) is 22.3 Å². The SMILES string of the molecule is O=C(O)Cc1csc(NC(=O)CCc2ccccc2Cl)n1. The molecular formula is C14H13ClN2O3S. The summed E-state index contributed by atoms with van der Waals surface area (Å²) in [7, 11) is 0. The van der Waals surface area contributed by atoms with Crippen molar-refractivity contribution >= 4 is 39.9 Å². The number of carbonyl (C=O) groups is 2. The molecule has 1 aromatic carbocycles. The van der Waals surface area contributed by atoms with Crippen LogP contribution in [0.3, 0.4) is 0 Å². The number of aryl methyl sites for hydroxylation is 1. The Morgan fingerprint density at radius 2 is 2.10 bits per heavy atom. The molecule has 0 spiro atoms. The molecule has 5 nitrogen and oxygen atoms in total. The van der Waals surface area contributed by atoms with Gasteiger partial charge >= 0.3 is 5.97 Å². The van der Waals surface area contributed by atoms with Gasteiger partial charge in [-0.2, -0.15) is 0 Å². The van der Waals surface area contributed by atoms with Crippen LogP contribution >= 0.6 is 22.9 Å². The van der Waals surface area contributed by atoms with Crippen molar-refractivity contribution in [3.05, 3.63) is 45.9 Å². The first-order valence-electron chi connectivity index (χ1n) is 6.24. The van der Waals surface area contributed by atoms with Crippen molar-refractivity contribution in [2.24, 2.45) is 0 Å². The van der Waals surface area contributed by atoms with Gasteiger partial charge in [-0.25, -0.2) is 4.98 Å². The standard InChI is InChI=1S/C14H13ClN2O3S/c15-11-4-2-1-3-9(11)5-6-12(18)17-14-16-10(8-21-14)7-13(19)20/h1-4,8H,5-7H2,(H,19,20)(H,16,17,18). The minimum atomic E-state index is -0.947. The zero-order chi connectivity index (χ0) is 15.2. The van der Waals surface area contributed by atoms with Gasteiger partial charge in [-0.1, -0.05) is 29.8 Å². The lowest BCUT2D eigenvalue weighted by molar-refractivity contribution is -0.136. The predicted octanol–water partition coefficient (Wildman–Crippen LogP) is 2.99. The first-order chi connectivity index (χ1) is 10.0. The van der Waals surface area contributed by atoms with Crippen molar-refractivity contribution in [1.82, 2.24) is 4.98 Å². The molecular weight excluding hydrogens is 312 g/mol. The Kier molecular flexibility index (Phi) is 5.30. The summed E-state index contributed by atoms with van der Waals surface area (Å²) < 4.78 is 0. The van der Waals surface area contributed by atoms with Crippen LogP contribution in [0.5, 0.6) is 0 Å². The molecule has 1 aromatic heterocycles. The number of hydrogen-bond acceptors (Lipinski definition) is 4. The maximum Gasteiger partial charge on any atom is 0.309 e. The summed E-state index contributed by atoms with van der Waals surface area (Å²) >= 11 is 7.23. The van der Waals surface area contributed by atoms with E-state index in [1.807, 2.05) is 18.2 Å². The minimum Gasteiger partial charge on any atom is -0.481 e. The number of thiazole rings is 1. The molecule has 2 aromatic rings. The van der Waals surface area contributed by atoms with Crippen molar-refractivity contribution in [1.29, 1.82) is 0 Å². The number of amides is 1. The molecule has 0 aliphatic heterocycles. The number of carboxylic acid groups (broad SMARTS) is 1. The molecule has 0 atom stereocenters. The number of rotatable bonds is 6. The molecule has 0 aliphatic rings. The van der Waals surface area contributed by atoms with E-state index in [9.17, 15) is 9.59 Å². The number of aromatic nitrogens is 1. The largest absolute Gasteiger partial charge is 0.481 e. The highest BCUT2D eigenvalue weighted by molar-refractivity contribution is 7.13. The van der Waals surface area contributed by atoms with Gasteiger partial charge < -0.3 is 10.4 Å². The molecule has 7 heteroatoms. The first-order valence-corrected chi connectivity index (χ1v) is 7.50. The second kappa shape index (κ2) is 7.19. The van der Waals surface area contributed by atoms with E-state index in [1.165, 1.54) is 11.3 Å². The van der Waals surface area contributed by atoms with Crippen molar-refractivity contribution in [3.63, 3.8) is 0 Å². The zero-order valence-electron chi connectivity index (χ0n) is 11.0. The molecule has 21 heavy (non-hydrogen) atoms. The molecule has 0 unspecified atom stereocenters. The lowest BCUT2D eigenvalue weighted by Crippen LogP contribution is -2.12. The predicted molar refractivity (Wildman–Crippen MR) is 81.9 cm³/mol. The summed E-state index contributed by atoms with van der Waals surface area (Å²) in [6.45, 7) is 0. The van der Waals surface area contributed by atoms with Gasteiger partial charge in [0, 0.05) is 16.8 Å². The number of carboxylic acids is 1. The van der Waals surface area contributed by atoms with E-state index < -0.39 is 5.97 Å². The summed E-state index contributed by atoms with van der Waals surface area (Å²) in [5, 5.41) is 14.0. The van der Waals surface area contributed by atoms with E-state index in [-0.39, 0.29) is 18.7 Å². The summed E-state index contributed by atoms with van der Waals surface area (Å²) in [5.74, 6) is -1.12. The highest BCUT2D eigenvalue weighted by Crippen LogP contribution is 2.18. The second-order valence-corrected chi connectivity index (χ2v) is 5.62. The van der Waals surface area contributed by atoms with E-state index in [2.05, 4.69) is 10.3 Å². The van der Waals surface area contributed by atoms with Gasteiger partial charge in [0.1, 0.15) is 0 Å². The molecule has 0 saturated carbocycles. The number of nitrogens with zero attached hydrogens (tertiary/aromatic N) is 1. The molecule has 0 saturated heterocycles. The Morgan fingerprint density at radius 3 is 2.81 bits per heavy atom. The van der Waals surface area contributed by atoms with Crippen molar-refractivity contribution in [3.8, 4) is 0 Å². The number of aliphatic carboxylic acids is 1. The van der Waals surface area contributed by atoms with Crippen LogP contribution in [-0.2, 0) is 22.4 Å². The van der Waals surface area contributed by atoms with Gasteiger partial charge in [0.15, 0.2) is 5.13 Å². The van der Waals surface area contributed by atoms with Gasteiger partial charge in [-0.15, -0.1) is 11.3 Å². The Bertz CT molecular complexity index is 657. The fraction of sp³-hybridized carbons (Fsp3) is 0.214. The average molecular weight is 325 g/mol. The van der Waals surface area contributed by atoms with Gasteiger partial charge in [0.25, 0.3) is 0 Å². The monoisotopic (exact) mass is 324 g/mol. The van der Waals surface area contributed by atoms with E-state index >= 15 is 0 Å². The maximum atomic E-state index is 11.8. The van der Waals surface area contributed by atoms with Crippen molar-refractivity contribution in [2.45, 2.75) is 19.3 Å². The summed E-state index contributed by atoms with van der Waals surface area (Å²) in [5.41, 5.74) is 1.36. The number of benzene rings is 1. The Hall–Kier alpha value is -1.92. The fourth-order valence-corrected chi connectivity index (χ4v) is 2.69. The number of anilines is 1. The maximum absolute atomic E-state index is 11.8. The highest BCUT2D eigenvalue weighted by atomic mass is 35.5. The van der Waals surface area contributed by atoms with Crippen LogP contribution < -0.4 is 5.32 Å². The van der Waals surface area contributed by atoms with Crippen LogP contribution in [0.25, 0.3) is 0 Å². The molecule has 0 fully saturated rings. The van der Waals surface area contributed by atoms with Crippen LogP contribution in [0.15, 0.2) is 29.6 Å². The summed E-state index contributed by atoms with van der Waals surface area (Å²) in [6, 6.07) is 7.38. The number of carbonyl (C=O) groups excluding carboxylic acids is 1. The molecule has 110 valence electrons. The highest BCUT2D eigenvalue weighted by Gasteiger charge is 2.09. The number of hydrogen-bond donors (Lipinski definition) is 2. The van der Waals surface area contributed by atoms with Crippen LogP contribution in [0.4, 0.5) is 5.13 Å². The zero-order valence-corrected chi connectivity index (χ0v) is 12.6. The minimum absolute atomic E-state index is 0.147. The Balaban J connectivity index is 1.86. The third-order valence-electron chi connectivity index (χ3n) is 2.71. The van der Waals surface area contributed by atoms with Crippen LogP contribution in [-0.4, -0.2) is 22.0 Å². The van der Waals surface area contributed by atoms with Gasteiger partial charge in [-0.05, 0) is 18.1 Å². The van der Waals surface area contributed by atoms with Gasteiger partial charge in [0.05, 0.1) is 12.1 Å². The lowest BCUT2D eigenvalue weighted by atomic mass is 10.1. The van der Waals surface area contributed by atoms with E-state index in [0.717, 1.165) is 5.56 Å². The molecule has 2 N–H and O–H groups in total. The topological polar surface area (TPSA) is 79.3 Å². The molecule has 0 radical (unpaired) electrons. The van der Waals surface area contributed by atoms with Gasteiger partial charge in [-0.3, -0.25) is 9.59 Å². The third-order valence-corrected chi connectivity index (χ3v) is 3.88. The van der Waals surface area contributed by atoms with Crippen LogP contribution in [0, 0.1) is 0 Å². The number of halogens is 1. The fourth-order valence-electron chi connectivity index (χ4n) is 1.73. The van der Waals surface area contributed by atoms with Gasteiger partial charge in [0.2, 0.25) is 5.91 Å². The summed E-state index contributed by atoms with van der Waals surface area (Å²) in [4.78, 5) is 26.4. The molecule has 0 aliphatic carbocycles. The quantitative estimate of drug-likeness (QED) is 0.856. The molecule has 2 rings (SSSR count). The summed E-state index contributed by atoms with van der Waals surface area (Å²) in [6.07, 6.45) is 0.683. The number of nitrogens with one attached hydrogen (secondary N) is 1. The van der Waals surface area contributed by atoms with E-state index in [4.69, 9.17) is 16.7 Å². The second-order valence-electron chi connectivity index (χ2n) is 4.35. The first kappa shape index (κ1) is 15.5. The lowest BCUT2D eigenvalue weighted by Gasteiger charge is -2.04. The Morgan fingerprint density at radius 1 is 1.33 bits per heavy atom. The van der Waals surface area contributed by atoms with Crippen LogP contribution in [0.1, 0.15) is 17.7 Å². The van der Waals surface area contributed by atoms with Crippen LogP contribution in [0.2, 0.25) is 5.02 Å². The third kappa shape index (κ3) is 4.84. The smallest absolute Gasteiger partial charge is 0.309 e. The average Bonchev–Trinajstić information content (AvgIpc) is 2.84. The van der Waals surface area contributed by atoms with Crippen molar-refractivity contribution in [2.75, 3.05) is 5.32 Å².